The Labute approximate surface area is 91.9 Å². The molecule has 0 aromatic carbocycles. The molecule has 0 heterocycles. The van der Waals surface area contributed by atoms with Crippen molar-refractivity contribution < 1.29 is 17.9 Å². The predicted octanol–water partition coefficient (Wildman–Crippen LogP) is 1.35. The first-order chi connectivity index (χ1) is 7.04. The molecule has 0 spiro atoms. The van der Waals surface area contributed by atoms with Crippen LogP contribution in [0.4, 0.5) is 0 Å². The topological polar surface area (TPSA) is 52.6 Å². The van der Waals surface area contributed by atoms with Gasteiger partial charge in [-0.3, -0.25) is 0 Å². The van der Waals surface area contributed by atoms with Crippen molar-refractivity contribution in [3.63, 3.8) is 0 Å². The number of rotatable bonds is 7. The van der Waals surface area contributed by atoms with Crippen LogP contribution < -0.4 is 0 Å². The fourth-order valence-electron chi connectivity index (χ4n) is 1.76. The van der Waals surface area contributed by atoms with E-state index < -0.39 is 20.9 Å². The lowest BCUT2D eigenvalue weighted by Gasteiger charge is -2.25. The predicted molar refractivity (Wildman–Crippen MR) is 58.5 cm³/mol. The third-order valence-corrected chi connectivity index (χ3v) is 5.41. The van der Waals surface area contributed by atoms with Crippen molar-refractivity contribution in [2.24, 2.45) is 0 Å². The molecule has 1 aliphatic carbocycles. The van der Waals surface area contributed by atoms with Gasteiger partial charge in [-0.2, -0.15) is 0 Å². The van der Waals surface area contributed by atoms with Crippen LogP contribution in [0.3, 0.4) is 0 Å². The minimum atomic E-state index is -3.08. The average molecular weight is 236 g/mol. The van der Waals surface area contributed by atoms with Crippen LogP contribution in [0.15, 0.2) is 0 Å². The lowest BCUT2D eigenvalue weighted by atomic mass is 10.4. The van der Waals surface area contributed by atoms with Gasteiger partial charge in [0.25, 0.3) is 0 Å². The Kier molecular flexibility index (Phi) is 4.14. The molecule has 4 nitrogen and oxygen atoms in total. The molecular weight excluding hydrogens is 216 g/mol. The zero-order valence-corrected chi connectivity index (χ0v) is 10.5. The molecule has 0 aromatic heterocycles. The van der Waals surface area contributed by atoms with E-state index in [2.05, 4.69) is 0 Å². The molecule has 15 heavy (non-hydrogen) atoms. The maximum absolute atomic E-state index is 11.9. The fourth-order valence-corrected chi connectivity index (χ4v) is 3.49. The number of hydrogen-bond donors (Lipinski definition) is 0. The lowest BCUT2D eigenvalue weighted by molar-refractivity contribution is -0.141. The molecule has 0 aliphatic heterocycles. The minimum absolute atomic E-state index is 0.156. The average Bonchev–Trinajstić information content (AvgIpc) is 2.98. The summed E-state index contributed by atoms with van der Waals surface area (Å²) in [4.78, 5) is 0. The smallest absolute Gasteiger partial charge is 0.176 e. The van der Waals surface area contributed by atoms with Gasteiger partial charge in [0.05, 0.1) is 0 Å². The Morgan fingerprint density at radius 3 is 1.87 bits per heavy atom. The molecule has 0 saturated heterocycles. The van der Waals surface area contributed by atoms with Crippen molar-refractivity contribution in [3.8, 4) is 0 Å². The second kappa shape index (κ2) is 4.80. The summed E-state index contributed by atoms with van der Waals surface area (Å²) < 4.78 is 33.9. The highest BCUT2D eigenvalue weighted by Crippen LogP contribution is 2.48. The van der Waals surface area contributed by atoms with Crippen LogP contribution >= 0.6 is 0 Å². The normalized spacial score (nSPS) is 19.5. The molecule has 0 unspecified atom stereocenters. The number of sulfone groups is 1. The van der Waals surface area contributed by atoms with Crippen molar-refractivity contribution >= 4 is 9.84 Å². The van der Waals surface area contributed by atoms with Gasteiger partial charge in [-0.25, -0.2) is 8.42 Å². The van der Waals surface area contributed by atoms with Crippen molar-refractivity contribution in [1.82, 2.24) is 0 Å². The standard InChI is InChI=1S/C10H20O4S/c1-4-13-9(14-5-2)10(7-8-10)15(11,12)6-3/h9H,4-8H2,1-3H3. The quantitative estimate of drug-likeness (QED) is 0.626. The summed E-state index contributed by atoms with van der Waals surface area (Å²) in [7, 11) is -3.08. The first-order valence-electron chi connectivity index (χ1n) is 5.49. The van der Waals surface area contributed by atoms with E-state index in [-0.39, 0.29) is 5.75 Å². The molecule has 1 rings (SSSR count). The van der Waals surface area contributed by atoms with Crippen molar-refractivity contribution in [3.05, 3.63) is 0 Å². The molecule has 1 fully saturated rings. The van der Waals surface area contributed by atoms with Gasteiger partial charge in [0.15, 0.2) is 16.1 Å². The lowest BCUT2D eigenvalue weighted by Crippen LogP contribution is -2.41. The van der Waals surface area contributed by atoms with Crippen LogP contribution in [0, 0.1) is 0 Å². The Morgan fingerprint density at radius 1 is 1.13 bits per heavy atom. The zero-order valence-electron chi connectivity index (χ0n) is 9.65. The summed E-state index contributed by atoms with van der Waals surface area (Å²) in [5.74, 6) is 0.156. The fraction of sp³-hybridized carbons (Fsp3) is 1.00. The van der Waals surface area contributed by atoms with Gasteiger partial charge in [-0.05, 0) is 26.7 Å². The van der Waals surface area contributed by atoms with E-state index in [1.165, 1.54) is 0 Å². The van der Waals surface area contributed by atoms with Gasteiger partial charge in [-0.15, -0.1) is 0 Å². The molecule has 90 valence electrons. The molecule has 1 saturated carbocycles. The second-order valence-electron chi connectivity index (χ2n) is 3.71. The first-order valence-corrected chi connectivity index (χ1v) is 7.14. The third kappa shape index (κ3) is 2.34. The van der Waals surface area contributed by atoms with Crippen molar-refractivity contribution in [2.45, 2.75) is 44.6 Å². The van der Waals surface area contributed by atoms with Crippen LogP contribution in [0.1, 0.15) is 33.6 Å². The summed E-state index contributed by atoms with van der Waals surface area (Å²) >= 11 is 0. The largest absolute Gasteiger partial charge is 0.351 e. The maximum Gasteiger partial charge on any atom is 0.176 e. The summed E-state index contributed by atoms with van der Waals surface area (Å²) in [5.41, 5.74) is 0. The van der Waals surface area contributed by atoms with Gasteiger partial charge in [0.2, 0.25) is 0 Å². The highest BCUT2D eigenvalue weighted by molar-refractivity contribution is 7.93. The summed E-state index contributed by atoms with van der Waals surface area (Å²) in [6, 6.07) is 0. The molecule has 5 heteroatoms. The van der Waals surface area contributed by atoms with Gasteiger partial charge in [-0.1, -0.05) is 6.92 Å². The van der Waals surface area contributed by atoms with Crippen LogP contribution in [-0.4, -0.2) is 38.4 Å². The SMILES string of the molecule is CCOC(OCC)C1(S(=O)(=O)CC)CC1. The van der Waals surface area contributed by atoms with E-state index in [4.69, 9.17) is 9.47 Å². The molecule has 0 atom stereocenters. The molecule has 0 aromatic rings. The molecule has 0 amide bonds. The highest BCUT2D eigenvalue weighted by atomic mass is 32.2. The van der Waals surface area contributed by atoms with Crippen LogP contribution in [0.2, 0.25) is 0 Å². The first kappa shape index (κ1) is 12.9. The number of ether oxygens (including phenoxy) is 2. The molecule has 0 N–H and O–H groups in total. The zero-order chi connectivity index (χ0) is 11.5. The van der Waals surface area contributed by atoms with E-state index in [9.17, 15) is 8.42 Å². The Balaban J connectivity index is 2.82. The van der Waals surface area contributed by atoms with Gasteiger partial charge >= 0.3 is 0 Å². The number of hydrogen-bond acceptors (Lipinski definition) is 4. The summed E-state index contributed by atoms with van der Waals surface area (Å²) in [6.07, 6.45) is 0.735. The van der Waals surface area contributed by atoms with E-state index >= 15 is 0 Å². The molecule has 1 aliphatic rings. The minimum Gasteiger partial charge on any atom is -0.351 e. The van der Waals surface area contributed by atoms with Crippen LogP contribution in [0.25, 0.3) is 0 Å². The van der Waals surface area contributed by atoms with Crippen LogP contribution in [-0.2, 0) is 19.3 Å². The highest BCUT2D eigenvalue weighted by Gasteiger charge is 2.60. The van der Waals surface area contributed by atoms with Gasteiger partial charge in [0.1, 0.15) is 4.75 Å². The summed E-state index contributed by atoms with van der Waals surface area (Å²) in [6.45, 7) is 6.32. The van der Waals surface area contributed by atoms with Gasteiger partial charge in [0, 0.05) is 19.0 Å². The maximum atomic E-state index is 11.9. The Morgan fingerprint density at radius 2 is 1.60 bits per heavy atom. The van der Waals surface area contributed by atoms with Crippen molar-refractivity contribution in [2.75, 3.05) is 19.0 Å². The van der Waals surface area contributed by atoms with Crippen LogP contribution in [0.5, 0.6) is 0 Å². The van der Waals surface area contributed by atoms with Gasteiger partial charge < -0.3 is 9.47 Å². The molecule has 0 radical (unpaired) electrons. The van der Waals surface area contributed by atoms with E-state index in [1.54, 1.807) is 6.92 Å². The monoisotopic (exact) mass is 236 g/mol. The van der Waals surface area contributed by atoms with E-state index in [0.29, 0.717) is 26.1 Å². The Hall–Kier alpha value is -0.130. The molecular formula is C10H20O4S. The third-order valence-electron chi connectivity index (χ3n) is 2.81. The second-order valence-corrected chi connectivity index (χ2v) is 6.33. The Bertz CT molecular complexity index is 287. The van der Waals surface area contributed by atoms with Crippen molar-refractivity contribution in [1.29, 1.82) is 0 Å². The van der Waals surface area contributed by atoms with E-state index in [0.717, 1.165) is 0 Å². The van der Waals surface area contributed by atoms with E-state index in [1.807, 2.05) is 13.8 Å². The summed E-state index contributed by atoms with van der Waals surface area (Å²) in [5, 5.41) is 0. The molecule has 0 bridgehead atoms.